The van der Waals surface area contributed by atoms with Gasteiger partial charge in [0.1, 0.15) is 5.82 Å². The Bertz CT molecular complexity index is 883. The van der Waals surface area contributed by atoms with E-state index in [-0.39, 0.29) is 23.7 Å². The van der Waals surface area contributed by atoms with Gasteiger partial charge >= 0.3 is 0 Å². The van der Waals surface area contributed by atoms with Crippen molar-refractivity contribution in [1.29, 1.82) is 0 Å². The van der Waals surface area contributed by atoms with E-state index in [1.165, 1.54) is 0 Å². The zero-order valence-corrected chi connectivity index (χ0v) is 16.5. The van der Waals surface area contributed by atoms with E-state index in [9.17, 15) is 9.59 Å². The van der Waals surface area contributed by atoms with Gasteiger partial charge in [-0.15, -0.1) is 0 Å². The second-order valence-corrected chi connectivity index (χ2v) is 7.79. The highest BCUT2D eigenvalue weighted by Crippen LogP contribution is 2.29. The summed E-state index contributed by atoms with van der Waals surface area (Å²) in [5, 5.41) is 0. The highest BCUT2D eigenvalue weighted by molar-refractivity contribution is 5.83. The summed E-state index contributed by atoms with van der Waals surface area (Å²) in [7, 11) is 0. The van der Waals surface area contributed by atoms with E-state index in [1.54, 1.807) is 6.92 Å². The zero-order chi connectivity index (χ0) is 19.7. The van der Waals surface area contributed by atoms with E-state index in [4.69, 9.17) is 4.98 Å². The second kappa shape index (κ2) is 7.70. The fraction of sp³-hybridized carbons (Fsp3) is 0.455. The van der Waals surface area contributed by atoms with Gasteiger partial charge in [-0.05, 0) is 18.9 Å². The molecule has 1 fully saturated rings. The SMILES string of the molecule is CC(=O)N1CCc2nc(C3CCN(C(=O)C(C)c4ccccc4)C3)ncc2C1. The number of rotatable bonds is 3. The Hall–Kier alpha value is -2.76. The molecule has 0 N–H and O–H groups in total. The Morgan fingerprint density at radius 1 is 1.14 bits per heavy atom. The van der Waals surface area contributed by atoms with Crippen molar-refractivity contribution in [2.75, 3.05) is 19.6 Å². The van der Waals surface area contributed by atoms with Gasteiger partial charge in [-0.3, -0.25) is 9.59 Å². The molecule has 0 radical (unpaired) electrons. The number of hydrogen-bond acceptors (Lipinski definition) is 4. The Balaban J connectivity index is 1.43. The van der Waals surface area contributed by atoms with E-state index in [0.29, 0.717) is 19.6 Å². The molecule has 2 atom stereocenters. The van der Waals surface area contributed by atoms with E-state index < -0.39 is 0 Å². The van der Waals surface area contributed by atoms with Gasteiger partial charge < -0.3 is 9.80 Å². The summed E-state index contributed by atoms with van der Waals surface area (Å²) in [6.07, 6.45) is 3.53. The summed E-state index contributed by atoms with van der Waals surface area (Å²) >= 11 is 0. The van der Waals surface area contributed by atoms with Gasteiger partial charge in [-0.25, -0.2) is 9.97 Å². The molecular weight excluding hydrogens is 352 g/mol. The van der Waals surface area contributed by atoms with Crippen molar-refractivity contribution in [2.24, 2.45) is 0 Å². The van der Waals surface area contributed by atoms with Crippen molar-refractivity contribution in [2.45, 2.75) is 45.1 Å². The molecule has 1 aromatic carbocycles. The van der Waals surface area contributed by atoms with Crippen LogP contribution in [-0.2, 0) is 22.6 Å². The van der Waals surface area contributed by atoms with Gasteiger partial charge in [-0.1, -0.05) is 30.3 Å². The Morgan fingerprint density at radius 2 is 1.93 bits per heavy atom. The fourth-order valence-electron chi connectivity index (χ4n) is 4.13. The lowest BCUT2D eigenvalue weighted by Gasteiger charge is -2.27. The van der Waals surface area contributed by atoms with Crippen LogP contribution in [0.25, 0.3) is 0 Å². The lowest BCUT2D eigenvalue weighted by molar-refractivity contribution is -0.131. The van der Waals surface area contributed by atoms with Crippen LogP contribution in [0.5, 0.6) is 0 Å². The molecule has 28 heavy (non-hydrogen) atoms. The van der Waals surface area contributed by atoms with E-state index in [1.807, 2.05) is 53.3 Å². The molecule has 3 heterocycles. The Labute approximate surface area is 165 Å². The van der Waals surface area contributed by atoms with Crippen molar-refractivity contribution in [3.05, 3.63) is 59.2 Å². The number of carbonyl (C=O) groups excluding carboxylic acids is 2. The highest BCUT2D eigenvalue weighted by Gasteiger charge is 2.32. The number of fused-ring (bicyclic) bond motifs is 1. The molecule has 0 bridgehead atoms. The number of likely N-dealkylation sites (tertiary alicyclic amines) is 1. The monoisotopic (exact) mass is 378 g/mol. The molecule has 2 aliphatic heterocycles. The zero-order valence-electron chi connectivity index (χ0n) is 16.5. The van der Waals surface area contributed by atoms with E-state index in [0.717, 1.165) is 42.0 Å². The molecule has 146 valence electrons. The fourth-order valence-corrected chi connectivity index (χ4v) is 4.13. The first kappa shape index (κ1) is 18.6. The summed E-state index contributed by atoms with van der Waals surface area (Å²) in [6.45, 7) is 6.30. The predicted octanol–water partition coefficient (Wildman–Crippen LogP) is 2.50. The first-order chi connectivity index (χ1) is 13.5. The third-order valence-corrected chi connectivity index (χ3v) is 5.93. The number of hydrogen-bond donors (Lipinski definition) is 0. The van der Waals surface area contributed by atoms with Crippen LogP contribution in [0.4, 0.5) is 0 Å². The molecule has 0 saturated carbocycles. The molecule has 6 heteroatoms. The Morgan fingerprint density at radius 3 is 2.68 bits per heavy atom. The van der Waals surface area contributed by atoms with E-state index in [2.05, 4.69) is 4.98 Å². The van der Waals surface area contributed by atoms with Crippen molar-refractivity contribution in [3.8, 4) is 0 Å². The van der Waals surface area contributed by atoms with Crippen LogP contribution < -0.4 is 0 Å². The summed E-state index contributed by atoms with van der Waals surface area (Å²) in [5.41, 5.74) is 3.13. The van der Waals surface area contributed by atoms with Gasteiger partial charge in [0.05, 0.1) is 11.6 Å². The van der Waals surface area contributed by atoms with Crippen LogP contribution in [0.15, 0.2) is 36.5 Å². The van der Waals surface area contributed by atoms with Gasteiger partial charge in [0, 0.05) is 57.2 Å². The maximum absolute atomic E-state index is 12.9. The molecule has 2 unspecified atom stereocenters. The minimum absolute atomic E-state index is 0.0900. The Kier molecular flexibility index (Phi) is 5.11. The molecule has 0 aliphatic carbocycles. The standard InChI is InChI=1S/C22H26N4O2/c1-15(17-6-4-3-5-7-17)22(28)26-10-8-18(13-26)21-23-12-19-14-25(16(2)27)11-9-20(19)24-21/h3-7,12,15,18H,8-11,13-14H2,1-2H3. The summed E-state index contributed by atoms with van der Waals surface area (Å²) in [6, 6.07) is 9.93. The van der Waals surface area contributed by atoms with Crippen LogP contribution in [0.3, 0.4) is 0 Å². The molecule has 2 aliphatic rings. The van der Waals surface area contributed by atoms with Crippen LogP contribution in [0.2, 0.25) is 0 Å². The van der Waals surface area contributed by atoms with E-state index >= 15 is 0 Å². The summed E-state index contributed by atoms with van der Waals surface area (Å²) < 4.78 is 0. The second-order valence-electron chi connectivity index (χ2n) is 7.79. The largest absolute Gasteiger partial charge is 0.341 e. The summed E-state index contributed by atoms with van der Waals surface area (Å²) in [4.78, 5) is 37.6. The lowest BCUT2D eigenvalue weighted by atomic mass is 10.00. The van der Waals surface area contributed by atoms with Crippen LogP contribution >= 0.6 is 0 Å². The molecule has 2 aromatic rings. The predicted molar refractivity (Wildman–Crippen MR) is 106 cm³/mol. The average molecular weight is 378 g/mol. The molecule has 1 saturated heterocycles. The number of benzene rings is 1. The lowest BCUT2D eigenvalue weighted by Crippen LogP contribution is -2.35. The van der Waals surface area contributed by atoms with Crippen molar-refractivity contribution >= 4 is 11.8 Å². The van der Waals surface area contributed by atoms with Crippen LogP contribution in [0.1, 0.15) is 54.7 Å². The van der Waals surface area contributed by atoms with Gasteiger partial charge in [-0.2, -0.15) is 0 Å². The quantitative estimate of drug-likeness (QED) is 0.823. The van der Waals surface area contributed by atoms with Gasteiger partial charge in [0.25, 0.3) is 0 Å². The normalized spacial score (nSPS) is 20.0. The van der Waals surface area contributed by atoms with Gasteiger partial charge in [0.2, 0.25) is 11.8 Å². The molecule has 6 nitrogen and oxygen atoms in total. The maximum Gasteiger partial charge on any atom is 0.229 e. The minimum Gasteiger partial charge on any atom is -0.341 e. The number of amides is 2. The molecule has 4 rings (SSSR count). The minimum atomic E-state index is -0.137. The van der Waals surface area contributed by atoms with Crippen LogP contribution in [-0.4, -0.2) is 51.2 Å². The highest BCUT2D eigenvalue weighted by atomic mass is 16.2. The molecular formula is C22H26N4O2. The van der Waals surface area contributed by atoms with Crippen molar-refractivity contribution < 1.29 is 9.59 Å². The number of carbonyl (C=O) groups is 2. The van der Waals surface area contributed by atoms with Gasteiger partial charge in [0.15, 0.2) is 0 Å². The average Bonchev–Trinajstić information content (AvgIpc) is 3.22. The van der Waals surface area contributed by atoms with Crippen molar-refractivity contribution in [3.63, 3.8) is 0 Å². The topological polar surface area (TPSA) is 66.4 Å². The molecule has 2 amide bonds. The maximum atomic E-state index is 12.9. The number of nitrogens with zero attached hydrogens (tertiary/aromatic N) is 4. The van der Waals surface area contributed by atoms with Crippen molar-refractivity contribution in [1.82, 2.24) is 19.8 Å². The molecule has 1 aromatic heterocycles. The first-order valence-corrected chi connectivity index (χ1v) is 9.97. The smallest absolute Gasteiger partial charge is 0.229 e. The third kappa shape index (κ3) is 3.63. The number of aromatic nitrogens is 2. The van der Waals surface area contributed by atoms with Crippen LogP contribution in [0, 0.1) is 0 Å². The summed E-state index contributed by atoms with van der Waals surface area (Å²) in [5.74, 6) is 1.14. The third-order valence-electron chi connectivity index (χ3n) is 5.93. The molecule has 0 spiro atoms. The first-order valence-electron chi connectivity index (χ1n) is 9.97.